The Morgan fingerprint density at radius 3 is 1.75 bits per heavy atom. The highest BCUT2D eigenvalue weighted by Crippen LogP contribution is 2.37. The minimum atomic E-state index is 0.532. The van der Waals surface area contributed by atoms with Crippen molar-refractivity contribution in [3.8, 4) is 0 Å². The van der Waals surface area contributed by atoms with Gasteiger partial charge >= 0.3 is 0 Å². The Kier molecular flexibility index (Phi) is 7.35. The minimum Gasteiger partial charge on any atom is -0.0651 e. The molecule has 3 atom stereocenters. The van der Waals surface area contributed by atoms with Gasteiger partial charge in [-0.1, -0.05) is 74.1 Å². The van der Waals surface area contributed by atoms with Crippen molar-refractivity contribution in [3.05, 3.63) is 0 Å². The van der Waals surface area contributed by atoms with Crippen LogP contribution in [-0.4, -0.2) is 0 Å². The van der Waals surface area contributed by atoms with E-state index in [2.05, 4.69) is 48.5 Å². The number of hydrogen-bond acceptors (Lipinski definition) is 0. The van der Waals surface area contributed by atoms with Crippen LogP contribution in [0, 0.1) is 23.2 Å². The van der Waals surface area contributed by atoms with E-state index in [9.17, 15) is 0 Å². The monoisotopic (exact) mass is 226 g/mol. The SMILES string of the molecule is CCC(C)C(C)CCC(CC)C(C)(C)CC. The van der Waals surface area contributed by atoms with Crippen LogP contribution in [0.4, 0.5) is 0 Å². The maximum absolute atomic E-state index is 2.44. The molecule has 0 saturated carbocycles. The highest BCUT2D eigenvalue weighted by molar-refractivity contribution is 4.77. The summed E-state index contributed by atoms with van der Waals surface area (Å²) in [5.41, 5.74) is 0.532. The summed E-state index contributed by atoms with van der Waals surface area (Å²) >= 11 is 0. The first-order valence-corrected chi connectivity index (χ1v) is 7.38. The second kappa shape index (κ2) is 7.35. The Labute approximate surface area is 104 Å². The summed E-state index contributed by atoms with van der Waals surface area (Å²) in [5.74, 6) is 2.69. The quantitative estimate of drug-likeness (QED) is 0.482. The van der Waals surface area contributed by atoms with E-state index in [-0.39, 0.29) is 0 Å². The number of rotatable bonds is 8. The zero-order chi connectivity index (χ0) is 12.8. The molecule has 0 heteroatoms. The van der Waals surface area contributed by atoms with Crippen LogP contribution >= 0.6 is 0 Å². The summed E-state index contributed by atoms with van der Waals surface area (Å²) in [4.78, 5) is 0. The zero-order valence-corrected chi connectivity index (χ0v) is 12.8. The lowest BCUT2D eigenvalue weighted by atomic mass is 9.72. The Morgan fingerprint density at radius 1 is 0.812 bits per heavy atom. The Hall–Kier alpha value is 0. The molecule has 0 saturated heterocycles. The van der Waals surface area contributed by atoms with Crippen LogP contribution in [0.25, 0.3) is 0 Å². The van der Waals surface area contributed by atoms with Crippen LogP contribution in [0.2, 0.25) is 0 Å². The molecule has 0 fully saturated rings. The van der Waals surface area contributed by atoms with Crippen molar-refractivity contribution in [1.29, 1.82) is 0 Å². The highest BCUT2D eigenvalue weighted by Gasteiger charge is 2.26. The van der Waals surface area contributed by atoms with Crippen LogP contribution in [0.1, 0.15) is 80.6 Å². The van der Waals surface area contributed by atoms with Crippen LogP contribution in [0.3, 0.4) is 0 Å². The van der Waals surface area contributed by atoms with Gasteiger partial charge in [-0.25, -0.2) is 0 Å². The van der Waals surface area contributed by atoms with E-state index < -0.39 is 0 Å². The number of hydrogen-bond donors (Lipinski definition) is 0. The minimum absolute atomic E-state index is 0.532. The van der Waals surface area contributed by atoms with Crippen LogP contribution < -0.4 is 0 Å². The summed E-state index contributed by atoms with van der Waals surface area (Å²) in [7, 11) is 0. The van der Waals surface area contributed by atoms with E-state index >= 15 is 0 Å². The van der Waals surface area contributed by atoms with Crippen LogP contribution in [-0.2, 0) is 0 Å². The fraction of sp³-hybridized carbons (Fsp3) is 1.00. The molecule has 0 aliphatic heterocycles. The first-order chi connectivity index (χ1) is 7.38. The highest BCUT2D eigenvalue weighted by atomic mass is 14.3. The summed E-state index contributed by atoms with van der Waals surface area (Å²) in [6, 6.07) is 0. The van der Waals surface area contributed by atoms with Crippen molar-refractivity contribution in [2.45, 2.75) is 80.6 Å². The van der Waals surface area contributed by atoms with Gasteiger partial charge in [-0.05, 0) is 29.6 Å². The van der Waals surface area contributed by atoms with E-state index in [1.54, 1.807) is 0 Å². The van der Waals surface area contributed by atoms with Crippen molar-refractivity contribution in [2.75, 3.05) is 0 Å². The van der Waals surface area contributed by atoms with Crippen molar-refractivity contribution in [3.63, 3.8) is 0 Å². The summed E-state index contributed by atoms with van der Waals surface area (Å²) < 4.78 is 0. The third-order valence-corrected chi connectivity index (χ3v) is 5.10. The topological polar surface area (TPSA) is 0 Å². The van der Waals surface area contributed by atoms with Gasteiger partial charge in [-0.2, -0.15) is 0 Å². The summed E-state index contributed by atoms with van der Waals surface area (Å²) in [6.07, 6.45) is 6.81. The molecule has 98 valence electrons. The average Bonchev–Trinajstić information content (AvgIpc) is 2.28. The lowest BCUT2D eigenvalue weighted by Gasteiger charge is -2.34. The summed E-state index contributed by atoms with van der Waals surface area (Å²) in [5, 5.41) is 0. The second-order valence-corrected chi connectivity index (χ2v) is 6.39. The molecular formula is C16H34. The van der Waals surface area contributed by atoms with Crippen LogP contribution in [0.15, 0.2) is 0 Å². The van der Waals surface area contributed by atoms with Crippen molar-refractivity contribution in [2.24, 2.45) is 23.2 Å². The van der Waals surface area contributed by atoms with Gasteiger partial charge in [-0.3, -0.25) is 0 Å². The molecule has 0 rings (SSSR count). The lowest BCUT2D eigenvalue weighted by Crippen LogP contribution is -2.23. The van der Waals surface area contributed by atoms with Crippen molar-refractivity contribution >= 4 is 0 Å². The summed E-state index contributed by atoms with van der Waals surface area (Å²) in [6.45, 7) is 16.7. The van der Waals surface area contributed by atoms with E-state index in [0.717, 1.165) is 17.8 Å². The first-order valence-electron chi connectivity index (χ1n) is 7.38. The zero-order valence-electron chi connectivity index (χ0n) is 12.8. The van der Waals surface area contributed by atoms with Gasteiger partial charge in [0.1, 0.15) is 0 Å². The fourth-order valence-electron chi connectivity index (χ4n) is 2.59. The van der Waals surface area contributed by atoms with Crippen LogP contribution in [0.5, 0.6) is 0 Å². The van der Waals surface area contributed by atoms with Gasteiger partial charge in [0.25, 0.3) is 0 Å². The molecule has 0 bridgehead atoms. The van der Waals surface area contributed by atoms with Gasteiger partial charge < -0.3 is 0 Å². The van der Waals surface area contributed by atoms with E-state index in [0.29, 0.717) is 5.41 Å². The molecule has 0 aliphatic carbocycles. The molecule has 3 unspecified atom stereocenters. The molecule has 0 heterocycles. The Morgan fingerprint density at radius 2 is 1.38 bits per heavy atom. The second-order valence-electron chi connectivity index (χ2n) is 6.39. The molecule has 16 heavy (non-hydrogen) atoms. The standard InChI is InChI=1S/C16H34/c1-8-13(4)14(5)11-12-15(9-2)16(6,7)10-3/h13-15H,8-12H2,1-7H3. The van der Waals surface area contributed by atoms with Crippen molar-refractivity contribution in [1.82, 2.24) is 0 Å². The smallest absolute Gasteiger partial charge is 0.0329 e. The Bertz CT molecular complexity index is 169. The third-order valence-electron chi connectivity index (χ3n) is 5.10. The predicted molar refractivity (Wildman–Crippen MR) is 75.7 cm³/mol. The normalized spacial score (nSPS) is 18.2. The van der Waals surface area contributed by atoms with Gasteiger partial charge in [-0.15, -0.1) is 0 Å². The molecule has 0 radical (unpaired) electrons. The molecule has 0 aromatic carbocycles. The molecular weight excluding hydrogens is 192 g/mol. The molecule has 0 aromatic heterocycles. The van der Waals surface area contributed by atoms with Gasteiger partial charge in [0.15, 0.2) is 0 Å². The predicted octanol–water partition coefficient (Wildman–Crippen LogP) is 5.91. The molecule has 0 spiro atoms. The van der Waals surface area contributed by atoms with E-state index in [1.165, 1.54) is 32.1 Å². The van der Waals surface area contributed by atoms with Crippen molar-refractivity contribution < 1.29 is 0 Å². The maximum Gasteiger partial charge on any atom is -0.0329 e. The largest absolute Gasteiger partial charge is 0.0651 e. The van der Waals surface area contributed by atoms with E-state index in [1.807, 2.05) is 0 Å². The lowest BCUT2D eigenvalue weighted by molar-refractivity contribution is 0.168. The van der Waals surface area contributed by atoms with Gasteiger partial charge in [0, 0.05) is 0 Å². The fourth-order valence-corrected chi connectivity index (χ4v) is 2.59. The maximum atomic E-state index is 2.44. The molecule has 0 aliphatic rings. The van der Waals surface area contributed by atoms with Gasteiger partial charge in [0.2, 0.25) is 0 Å². The first kappa shape index (κ1) is 16.0. The Balaban J connectivity index is 4.15. The molecule has 0 N–H and O–H groups in total. The van der Waals surface area contributed by atoms with Gasteiger partial charge in [0.05, 0.1) is 0 Å². The molecule has 0 amide bonds. The van der Waals surface area contributed by atoms with E-state index in [4.69, 9.17) is 0 Å². The molecule has 0 nitrogen and oxygen atoms in total. The average molecular weight is 226 g/mol. The molecule has 0 aromatic rings. The third kappa shape index (κ3) is 4.89.